The fourth-order valence-electron chi connectivity index (χ4n) is 1.81. The number of hydrogen-bond donors (Lipinski definition) is 2. The van der Waals surface area contributed by atoms with E-state index < -0.39 is 0 Å². The molecule has 0 spiro atoms. The van der Waals surface area contributed by atoms with E-state index in [1.54, 1.807) is 0 Å². The lowest BCUT2D eigenvalue weighted by molar-refractivity contribution is 0.0953. The predicted octanol–water partition coefficient (Wildman–Crippen LogP) is 2.59. The van der Waals surface area contributed by atoms with Gasteiger partial charge >= 0.3 is 0 Å². The molecular weight excluding hydrogens is 252 g/mol. The van der Waals surface area contributed by atoms with Crippen molar-refractivity contribution in [1.29, 1.82) is 0 Å². The maximum Gasteiger partial charge on any atom is 0.251 e. The van der Waals surface area contributed by atoms with Gasteiger partial charge in [-0.3, -0.25) is 4.79 Å². The van der Waals surface area contributed by atoms with Crippen LogP contribution in [0.3, 0.4) is 0 Å². The second-order valence-corrected chi connectivity index (χ2v) is 4.79. The minimum absolute atomic E-state index is 0.0290. The number of unbranched alkanes of at least 4 members (excludes halogenated alkanes) is 2. The fraction of sp³-hybridized carbons (Fsp3) is 0.562. The monoisotopic (exact) mass is 278 g/mol. The number of carbonyl (C=O) groups excluding carboxylic acids is 1. The molecule has 0 radical (unpaired) electrons. The Kier molecular flexibility index (Phi) is 8.47. The molecule has 0 aromatic heterocycles. The van der Waals surface area contributed by atoms with Crippen LogP contribution in [0.4, 0.5) is 0 Å². The first-order valence-electron chi connectivity index (χ1n) is 7.43. The molecule has 1 aromatic carbocycles. The number of amides is 1. The normalized spacial score (nSPS) is 10.3. The Morgan fingerprint density at radius 3 is 2.50 bits per heavy atom. The van der Waals surface area contributed by atoms with Crippen LogP contribution in [0.25, 0.3) is 0 Å². The molecule has 112 valence electrons. The molecule has 4 heteroatoms. The molecule has 20 heavy (non-hydrogen) atoms. The Bertz CT molecular complexity index is 377. The zero-order valence-electron chi connectivity index (χ0n) is 12.6. The van der Waals surface area contributed by atoms with Gasteiger partial charge in [-0.05, 0) is 50.7 Å². The smallest absolute Gasteiger partial charge is 0.251 e. The molecule has 1 aromatic rings. The Hall–Kier alpha value is -1.55. The summed E-state index contributed by atoms with van der Waals surface area (Å²) in [5.41, 5.74) is 0.676. The first-order chi connectivity index (χ1) is 9.77. The van der Waals surface area contributed by atoms with E-state index in [2.05, 4.69) is 17.6 Å². The molecule has 0 aliphatic carbocycles. The second-order valence-electron chi connectivity index (χ2n) is 4.79. The van der Waals surface area contributed by atoms with E-state index in [9.17, 15) is 4.79 Å². The van der Waals surface area contributed by atoms with Crippen LogP contribution in [0.2, 0.25) is 0 Å². The summed E-state index contributed by atoms with van der Waals surface area (Å²) < 4.78 is 5.62. The van der Waals surface area contributed by atoms with Crippen molar-refractivity contribution in [1.82, 2.24) is 10.6 Å². The van der Waals surface area contributed by atoms with E-state index >= 15 is 0 Å². The molecule has 0 aliphatic rings. The van der Waals surface area contributed by atoms with E-state index in [4.69, 9.17) is 4.74 Å². The molecule has 0 saturated heterocycles. The second kappa shape index (κ2) is 10.3. The first-order valence-corrected chi connectivity index (χ1v) is 7.43. The van der Waals surface area contributed by atoms with Crippen molar-refractivity contribution in [3.8, 4) is 5.75 Å². The fourth-order valence-corrected chi connectivity index (χ4v) is 1.81. The van der Waals surface area contributed by atoms with Crippen molar-refractivity contribution in [3.63, 3.8) is 0 Å². The number of hydrogen-bond acceptors (Lipinski definition) is 3. The molecule has 0 unspecified atom stereocenters. The standard InChI is InChI=1S/C16H26N2O2/c1-3-4-5-13-20-15-9-7-14(8-10-15)16(19)18-12-6-11-17-2/h7-10,17H,3-6,11-13H2,1-2H3,(H,18,19). The summed E-state index contributed by atoms with van der Waals surface area (Å²) in [5.74, 6) is 0.798. The zero-order valence-corrected chi connectivity index (χ0v) is 12.6. The molecule has 1 amide bonds. The average molecular weight is 278 g/mol. The molecule has 2 N–H and O–H groups in total. The summed E-state index contributed by atoms with van der Waals surface area (Å²) in [5, 5.41) is 5.94. The Labute approximate surface area is 121 Å². The van der Waals surface area contributed by atoms with Gasteiger partial charge in [-0.1, -0.05) is 19.8 Å². The minimum Gasteiger partial charge on any atom is -0.494 e. The largest absolute Gasteiger partial charge is 0.494 e. The highest BCUT2D eigenvalue weighted by Gasteiger charge is 2.04. The third kappa shape index (κ3) is 6.57. The van der Waals surface area contributed by atoms with Gasteiger partial charge in [-0.15, -0.1) is 0 Å². The Morgan fingerprint density at radius 2 is 1.85 bits per heavy atom. The van der Waals surface area contributed by atoms with Gasteiger partial charge in [-0.2, -0.15) is 0 Å². The zero-order chi connectivity index (χ0) is 14.6. The van der Waals surface area contributed by atoms with Gasteiger partial charge in [0.25, 0.3) is 5.91 Å². The van der Waals surface area contributed by atoms with Gasteiger partial charge in [0.2, 0.25) is 0 Å². The minimum atomic E-state index is -0.0290. The van der Waals surface area contributed by atoms with Crippen LogP contribution in [0.5, 0.6) is 5.75 Å². The molecule has 0 fully saturated rings. The summed E-state index contributed by atoms with van der Waals surface area (Å²) >= 11 is 0. The quantitative estimate of drug-likeness (QED) is 0.647. The van der Waals surface area contributed by atoms with Gasteiger partial charge in [0, 0.05) is 12.1 Å². The van der Waals surface area contributed by atoms with E-state index in [1.165, 1.54) is 12.8 Å². The highest BCUT2D eigenvalue weighted by Crippen LogP contribution is 2.12. The molecular formula is C16H26N2O2. The van der Waals surface area contributed by atoms with Crippen LogP contribution < -0.4 is 15.4 Å². The van der Waals surface area contributed by atoms with Gasteiger partial charge < -0.3 is 15.4 Å². The highest BCUT2D eigenvalue weighted by molar-refractivity contribution is 5.94. The van der Waals surface area contributed by atoms with Crippen LogP contribution in [-0.4, -0.2) is 32.7 Å². The van der Waals surface area contributed by atoms with Crippen molar-refractivity contribution in [2.75, 3.05) is 26.7 Å². The van der Waals surface area contributed by atoms with Crippen LogP contribution in [0, 0.1) is 0 Å². The SMILES string of the molecule is CCCCCOc1ccc(C(=O)NCCCNC)cc1. The third-order valence-corrected chi connectivity index (χ3v) is 3.02. The molecule has 0 heterocycles. The van der Waals surface area contributed by atoms with Crippen LogP contribution in [-0.2, 0) is 0 Å². The van der Waals surface area contributed by atoms with Crippen molar-refractivity contribution < 1.29 is 9.53 Å². The third-order valence-electron chi connectivity index (χ3n) is 3.02. The Balaban J connectivity index is 2.31. The van der Waals surface area contributed by atoms with Crippen molar-refractivity contribution in [2.45, 2.75) is 32.6 Å². The highest BCUT2D eigenvalue weighted by atomic mass is 16.5. The molecule has 0 aliphatic heterocycles. The molecule has 0 atom stereocenters. The average Bonchev–Trinajstić information content (AvgIpc) is 2.48. The predicted molar refractivity (Wildman–Crippen MR) is 82.3 cm³/mol. The molecule has 0 bridgehead atoms. The van der Waals surface area contributed by atoms with Crippen LogP contribution in [0.1, 0.15) is 43.0 Å². The summed E-state index contributed by atoms with van der Waals surface area (Å²) in [6, 6.07) is 7.33. The number of nitrogens with one attached hydrogen (secondary N) is 2. The number of ether oxygens (including phenoxy) is 1. The topological polar surface area (TPSA) is 50.4 Å². The lowest BCUT2D eigenvalue weighted by Gasteiger charge is -2.08. The van der Waals surface area contributed by atoms with E-state index in [0.717, 1.165) is 31.7 Å². The number of rotatable bonds is 10. The summed E-state index contributed by atoms with van der Waals surface area (Å²) in [7, 11) is 1.90. The van der Waals surface area contributed by atoms with E-state index in [-0.39, 0.29) is 5.91 Å². The van der Waals surface area contributed by atoms with E-state index in [1.807, 2.05) is 31.3 Å². The van der Waals surface area contributed by atoms with Gasteiger partial charge in [-0.25, -0.2) is 0 Å². The molecule has 1 rings (SSSR count). The lowest BCUT2D eigenvalue weighted by atomic mass is 10.2. The van der Waals surface area contributed by atoms with Gasteiger partial charge in [0.05, 0.1) is 6.61 Å². The van der Waals surface area contributed by atoms with Crippen molar-refractivity contribution >= 4 is 5.91 Å². The van der Waals surface area contributed by atoms with Crippen molar-refractivity contribution in [3.05, 3.63) is 29.8 Å². The van der Waals surface area contributed by atoms with Gasteiger partial charge in [0.15, 0.2) is 0 Å². The summed E-state index contributed by atoms with van der Waals surface area (Å²) in [4.78, 5) is 11.8. The van der Waals surface area contributed by atoms with Crippen molar-refractivity contribution in [2.24, 2.45) is 0 Å². The van der Waals surface area contributed by atoms with Crippen LogP contribution >= 0.6 is 0 Å². The Morgan fingerprint density at radius 1 is 1.10 bits per heavy atom. The molecule has 4 nitrogen and oxygen atoms in total. The summed E-state index contributed by atoms with van der Waals surface area (Å²) in [6.45, 7) is 4.51. The van der Waals surface area contributed by atoms with Gasteiger partial charge in [0.1, 0.15) is 5.75 Å². The number of benzene rings is 1. The summed E-state index contributed by atoms with van der Waals surface area (Å²) in [6.07, 6.45) is 4.38. The lowest BCUT2D eigenvalue weighted by Crippen LogP contribution is -2.26. The first kappa shape index (κ1) is 16.5. The van der Waals surface area contributed by atoms with Crippen LogP contribution in [0.15, 0.2) is 24.3 Å². The number of carbonyl (C=O) groups is 1. The molecule has 0 saturated carbocycles. The maximum absolute atomic E-state index is 11.8. The van der Waals surface area contributed by atoms with E-state index in [0.29, 0.717) is 12.1 Å². The maximum atomic E-state index is 11.8.